The molecule has 0 amide bonds. The van der Waals surface area contributed by atoms with Gasteiger partial charge in [0.25, 0.3) is 0 Å². The Balaban J connectivity index is 2.94. The van der Waals surface area contributed by atoms with Crippen LogP contribution < -0.4 is 0 Å². The van der Waals surface area contributed by atoms with Gasteiger partial charge in [0.05, 0.1) is 12.5 Å². The van der Waals surface area contributed by atoms with Gasteiger partial charge in [0.2, 0.25) is 0 Å². The fourth-order valence-corrected chi connectivity index (χ4v) is 1.28. The van der Waals surface area contributed by atoms with Crippen LogP contribution in [-0.2, 0) is 9.53 Å². The molecule has 0 spiro atoms. The molecule has 0 aliphatic heterocycles. The lowest BCUT2D eigenvalue weighted by Crippen LogP contribution is -2.13. The highest BCUT2D eigenvalue weighted by Gasteiger charge is 2.19. The zero-order chi connectivity index (χ0) is 11.4. The Labute approximate surface area is 88.1 Å². The lowest BCUT2D eigenvalue weighted by atomic mass is 10.00. The molecule has 0 aliphatic rings. The Morgan fingerprint density at radius 2 is 2.13 bits per heavy atom. The Hall–Kier alpha value is -1.71. The number of ether oxygens (including phenoxy) is 1. The maximum atomic E-state index is 11.4. The zero-order valence-corrected chi connectivity index (χ0v) is 8.73. The third-order valence-corrected chi connectivity index (χ3v) is 2.12. The summed E-state index contributed by atoms with van der Waals surface area (Å²) >= 11 is 0. The predicted octanol–water partition coefficient (Wildman–Crippen LogP) is 1.76. The minimum absolute atomic E-state index is 0.0129. The summed E-state index contributed by atoms with van der Waals surface area (Å²) < 4.78 is 4.82. The van der Waals surface area contributed by atoms with Crippen molar-refractivity contribution < 1.29 is 19.7 Å². The van der Waals surface area contributed by atoms with Crippen molar-refractivity contribution in [3.8, 4) is 11.5 Å². The number of phenols is 2. The van der Waals surface area contributed by atoms with E-state index in [0.717, 1.165) is 0 Å². The summed E-state index contributed by atoms with van der Waals surface area (Å²) in [6, 6.07) is 4.06. The first-order valence-corrected chi connectivity index (χ1v) is 4.74. The average Bonchev–Trinajstić information content (AvgIpc) is 2.21. The normalized spacial score (nSPS) is 12.1. The van der Waals surface area contributed by atoms with Gasteiger partial charge in [-0.15, -0.1) is 0 Å². The summed E-state index contributed by atoms with van der Waals surface area (Å²) in [7, 11) is 0. The van der Waals surface area contributed by atoms with E-state index in [0.29, 0.717) is 12.2 Å². The highest BCUT2D eigenvalue weighted by atomic mass is 16.5. The number of phenolic OH excluding ortho intramolecular Hbond substituents is 2. The average molecular weight is 210 g/mol. The Kier molecular flexibility index (Phi) is 3.55. The zero-order valence-electron chi connectivity index (χ0n) is 8.73. The van der Waals surface area contributed by atoms with Crippen LogP contribution in [0.25, 0.3) is 0 Å². The smallest absolute Gasteiger partial charge is 0.313 e. The van der Waals surface area contributed by atoms with Crippen LogP contribution in [0.1, 0.15) is 25.3 Å². The molecule has 0 bridgehead atoms. The molecule has 1 aromatic carbocycles. The molecule has 0 fully saturated rings. The molecule has 2 N–H and O–H groups in total. The summed E-state index contributed by atoms with van der Waals surface area (Å²) in [5, 5.41) is 18.7. The number of rotatable bonds is 3. The minimum atomic E-state index is -0.586. The standard InChI is InChI=1S/C11H14O4/c1-3-15-11(14)7(2)9-6-8(12)4-5-10(9)13/h4-7,12-13H,3H2,1-2H3. The van der Waals surface area contributed by atoms with E-state index in [9.17, 15) is 15.0 Å². The van der Waals surface area contributed by atoms with Gasteiger partial charge in [-0.1, -0.05) is 0 Å². The molecule has 1 aromatic rings. The number of aromatic hydroxyl groups is 2. The molecule has 4 heteroatoms. The molecule has 0 radical (unpaired) electrons. The van der Waals surface area contributed by atoms with E-state index < -0.39 is 11.9 Å². The lowest BCUT2D eigenvalue weighted by Gasteiger charge is -2.12. The minimum Gasteiger partial charge on any atom is -0.508 e. The number of carbonyl (C=O) groups is 1. The molecule has 4 nitrogen and oxygen atoms in total. The highest BCUT2D eigenvalue weighted by molar-refractivity contribution is 5.78. The molecule has 0 heterocycles. The molecule has 1 atom stereocenters. The summed E-state index contributed by atoms with van der Waals surface area (Å²) in [5.74, 6) is -1.01. The second-order valence-corrected chi connectivity index (χ2v) is 3.22. The van der Waals surface area contributed by atoms with E-state index in [1.54, 1.807) is 13.8 Å². The van der Waals surface area contributed by atoms with Crippen molar-refractivity contribution in [1.82, 2.24) is 0 Å². The molecular formula is C11H14O4. The van der Waals surface area contributed by atoms with Gasteiger partial charge in [0, 0.05) is 5.56 Å². The van der Waals surface area contributed by atoms with Gasteiger partial charge in [0.15, 0.2) is 0 Å². The van der Waals surface area contributed by atoms with Crippen molar-refractivity contribution >= 4 is 5.97 Å². The molecule has 0 saturated heterocycles. The van der Waals surface area contributed by atoms with Gasteiger partial charge >= 0.3 is 5.97 Å². The second kappa shape index (κ2) is 4.68. The first-order valence-electron chi connectivity index (χ1n) is 4.74. The molecule has 0 saturated carbocycles. The third kappa shape index (κ3) is 2.62. The van der Waals surface area contributed by atoms with E-state index in [2.05, 4.69) is 0 Å². The summed E-state index contributed by atoms with van der Waals surface area (Å²) in [6.45, 7) is 3.63. The molecule has 15 heavy (non-hydrogen) atoms. The van der Waals surface area contributed by atoms with Crippen LogP contribution in [0, 0.1) is 0 Å². The van der Waals surface area contributed by atoms with Crippen LogP contribution >= 0.6 is 0 Å². The topological polar surface area (TPSA) is 66.8 Å². The Morgan fingerprint density at radius 3 is 2.73 bits per heavy atom. The Bertz CT molecular complexity index is 360. The van der Waals surface area contributed by atoms with E-state index in [4.69, 9.17) is 4.74 Å². The van der Waals surface area contributed by atoms with Crippen molar-refractivity contribution in [1.29, 1.82) is 0 Å². The monoisotopic (exact) mass is 210 g/mol. The molecule has 0 aliphatic carbocycles. The third-order valence-electron chi connectivity index (χ3n) is 2.12. The molecule has 0 aromatic heterocycles. The van der Waals surface area contributed by atoms with Crippen molar-refractivity contribution in [2.75, 3.05) is 6.61 Å². The SMILES string of the molecule is CCOC(=O)C(C)c1cc(O)ccc1O. The van der Waals surface area contributed by atoms with Crippen molar-refractivity contribution in [2.24, 2.45) is 0 Å². The molecule has 82 valence electrons. The van der Waals surface area contributed by atoms with Gasteiger partial charge in [-0.3, -0.25) is 4.79 Å². The first-order chi connectivity index (χ1) is 7.06. The molecular weight excluding hydrogens is 196 g/mol. The molecule has 1 unspecified atom stereocenters. The quantitative estimate of drug-likeness (QED) is 0.589. The van der Waals surface area contributed by atoms with Crippen molar-refractivity contribution in [2.45, 2.75) is 19.8 Å². The number of hydrogen-bond donors (Lipinski definition) is 2. The van der Waals surface area contributed by atoms with Crippen LogP contribution in [0.15, 0.2) is 18.2 Å². The number of hydrogen-bond acceptors (Lipinski definition) is 4. The highest BCUT2D eigenvalue weighted by Crippen LogP contribution is 2.29. The van der Waals surface area contributed by atoms with Crippen molar-refractivity contribution in [3.63, 3.8) is 0 Å². The van der Waals surface area contributed by atoms with E-state index in [-0.39, 0.29) is 11.5 Å². The van der Waals surface area contributed by atoms with Gasteiger partial charge < -0.3 is 14.9 Å². The van der Waals surface area contributed by atoms with E-state index in [1.165, 1.54) is 18.2 Å². The fourth-order valence-electron chi connectivity index (χ4n) is 1.28. The van der Waals surface area contributed by atoms with Crippen molar-refractivity contribution in [3.05, 3.63) is 23.8 Å². The first kappa shape index (κ1) is 11.4. The lowest BCUT2D eigenvalue weighted by molar-refractivity contribution is -0.144. The number of esters is 1. The largest absolute Gasteiger partial charge is 0.508 e. The summed E-state index contributed by atoms with van der Waals surface area (Å²) in [6.07, 6.45) is 0. The second-order valence-electron chi connectivity index (χ2n) is 3.22. The maximum absolute atomic E-state index is 11.4. The van der Waals surface area contributed by atoms with Crippen LogP contribution in [-0.4, -0.2) is 22.8 Å². The van der Waals surface area contributed by atoms with E-state index in [1.807, 2.05) is 0 Å². The van der Waals surface area contributed by atoms with Crippen LogP contribution in [0.2, 0.25) is 0 Å². The van der Waals surface area contributed by atoms with Gasteiger partial charge in [-0.05, 0) is 32.0 Å². The van der Waals surface area contributed by atoms with Gasteiger partial charge in [-0.25, -0.2) is 0 Å². The summed E-state index contributed by atoms with van der Waals surface area (Å²) in [5.41, 5.74) is 0.369. The predicted molar refractivity (Wildman–Crippen MR) is 54.8 cm³/mol. The van der Waals surface area contributed by atoms with Crippen LogP contribution in [0.4, 0.5) is 0 Å². The molecule has 1 rings (SSSR count). The van der Waals surface area contributed by atoms with Gasteiger partial charge in [0.1, 0.15) is 11.5 Å². The fraction of sp³-hybridized carbons (Fsp3) is 0.364. The number of benzene rings is 1. The number of carbonyl (C=O) groups excluding carboxylic acids is 1. The summed E-state index contributed by atoms with van der Waals surface area (Å²) in [4.78, 5) is 11.4. The Morgan fingerprint density at radius 1 is 1.47 bits per heavy atom. The van der Waals surface area contributed by atoms with E-state index >= 15 is 0 Å². The van der Waals surface area contributed by atoms with Crippen LogP contribution in [0.3, 0.4) is 0 Å². The van der Waals surface area contributed by atoms with Crippen LogP contribution in [0.5, 0.6) is 11.5 Å². The van der Waals surface area contributed by atoms with Gasteiger partial charge in [-0.2, -0.15) is 0 Å². The maximum Gasteiger partial charge on any atom is 0.313 e.